The number of carboxylic acid groups (broad SMARTS) is 1. The molecule has 1 saturated carbocycles. The molecule has 1 aromatic carbocycles. The third-order valence-corrected chi connectivity index (χ3v) is 5.75. The summed E-state index contributed by atoms with van der Waals surface area (Å²) in [5, 5.41) is 12.4. The standard InChI is InChI=1S/C16H19BrN2O3/c17-13-6-2-1-4-11(13)8-18-15(22)19-9-12-5-3-7-16(12,10-19)14(20)21/h1-2,4,6,12H,3,5,7-10H2,(H,18,22)(H,20,21)/t12-,16+/m0/s1. The minimum atomic E-state index is -0.754. The number of hydrogen-bond donors (Lipinski definition) is 2. The zero-order valence-corrected chi connectivity index (χ0v) is 13.8. The van der Waals surface area contributed by atoms with Crippen molar-refractivity contribution in [3.8, 4) is 0 Å². The van der Waals surface area contributed by atoms with Crippen molar-refractivity contribution in [3.63, 3.8) is 0 Å². The first kappa shape index (κ1) is 15.3. The maximum atomic E-state index is 12.3. The number of amides is 2. The largest absolute Gasteiger partial charge is 0.481 e. The van der Waals surface area contributed by atoms with Gasteiger partial charge in [-0.05, 0) is 30.4 Å². The topological polar surface area (TPSA) is 69.6 Å². The molecule has 1 aliphatic carbocycles. The molecule has 118 valence electrons. The number of carbonyl (C=O) groups is 2. The molecule has 6 heteroatoms. The van der Waals surface area contributed by atoms with E-state index in [-0.39, 0.29) is 11.9 Å². The van der Waals surface area contributed by atoms with E-state index in [9.17, 15) is 14.7 Å². The van der Waals surface area contributed by atoms with Gasteiger partial charge >= 0.3 is 12.0 Å². The van der Waals surface area contributed by atoms with Gasteiger partial charge in [-0.2, -0.15) is 0 Å². The molecule has 22 heavy (non-hydrogen) atoms. The van der Waals surface area contributed by atoms with Gasteiger partial charge < -0.3 is 15.3 Å². The average molecular weight is 367 g/mol. The number of rotatable bonds is 3. The normalized spacial score (nSPS) is 26.8. The highest BCUT2D eigenvalue weighted by molar-refractivity contribution is 9.10. The van der Waals surface area contributed by atoms with Gasteiger partial charge in [-0.25, -0.2) is 4.79 Å². The van der Waals surface area contributed by atoms with Crippen LogP contribution in [-0.4, -0.2) is 35.1 Å². The molecule has 2 aliphatic rings. The second kappa shape index (κ2) is 5.91. The van der Waals surface area contributed by atoms with E-state index in [0.29, 0.717) is 26.1 Å². The number of carbonyl (C=O) groups excluding carboxylic acids is 1. The maximum Gasteiger partial charge on any atom is 0.317 e. The number of benzene rings is 1. The molecule has 2 atom stereocenters. The monoisotopic (exact) mass is 366 g/mol. The molecule has 2 fully saturated rings. The Morgan fingerprint density at radius 3 is 2.86 bits per heavy atom. The lowest BCUT2D eigenvalue weighted by molar-refractivity contribution is -0.149. The Morgan fingerprint density at radius 2 is 2.18 bits per heavy atom. The Morgan fingerprint density at radius 1 is 1.41 bits per heavy atom. The van der Waals surface area contributed by atoms with Crippen LogP contribution in [0.3, 0.4) is 0 Å². The number of carboxylic acids is 1. The van der Waals surface area contributed by atoms with Crippen LogP contribution in [0.1, 0.15) is 24.8 Å². The summed E-state index contributed by atoms with van der Waals surface area (Å²) in [4.78, 5) is 25.6. The summed E-state index contributed by atoms with van der Waals surface area (Å²) >= 11 is 3.45. The van der Waals surface area contributed by atoms with Crippen LogP contribution in [0.25, 0.3) is 0 Å². The number of nitrogens with one attached hydrogen (secondary N) is 1. The molecule has 0 spiro atoms. The Labute approximate surface area is 137 Å². The number of halogens is 1. The first-order valence-corrected chi connectivity index (χ1v) is 8.32. The van der Waals surface area contributed by atoms with Crippen molar-refractivity contribution >= 4 is 27.9 Å². The van der Waals surface area contributed by atoms with Gasteiger partial charge in [-0.15, -0.1) is 0 Å². The van der Waals surface area contributed by atoms with Crippen LogP contribution in [0.15, 0.2) is 28.7 Å². The van der Waals surface area contributed by atoms with Crippen LogP contribution < -0.4 is 5.32 Å². The van der Waals surface area contributed by atoms with Crippen LogP contribution in [0.2, 0.25) is 0 Å². The van der Waals surface area contributed by atoms with E-state index in [1.165, 1.54) is 0 Å². The van der Waals surface area contributed by atoms with Crippen LogP contribution in [-0.2, 0) is 11.3 Å². The Kier molecular flexibility index (Phi) is 4.12. The number of fused-ring (bicyclic) bond motifs is 1. The SMILES string of the molecule is O=C(NCc1ccccc1Br)N1C[C@@H]2CCC[C@@]2(C(=O)O)C1. The molecule has 1 saturated heterocycles. The van der Waals surface area contributed by atoms with Crippen LogP contribution >= 0.6 is 15.9 Å². The highest BCUT2D eigenvalue weighted by Gasteiger charge is 2.55. The Bertz CT molecular complexity index is 607. The van der Waals surface area contributed by atoms with Crippen LogP contribution in [0, 0.1) is 11.3 Å². The molecule has 1 heterocycles. The van der Waals surface area contributed by atoms with E-state index < -0.39 is 11.4 Å². The third-order valence-electron chi connectivity index (χ3n) is 4.97. The van der Waals surface area contributed by atoms with Crippen molar-refractivity contribution in [2.75, 3.05) is 13.1 Å². The summed E-state index contributed by atoms with van der Waals surface area (Å²) in [6.07, 6.45) is 2.53. The van der Waals surface area contributed by atoms with Crippen molar-refractivity contribution < 1.29 is 14.7 Å². The Balaban J connectivity index is 1.63. The van der Waals surface area contributed by atoms with E-state index >= 15 is 0 Å². The molecule has 3 rings (SSSR count). The fourth-order valence-electron chi connectivity index (χ4n) is 3.72. The molecule has 2 amide bonds. The second-order valence-electron chi connectivity index (χ2n) is 6.18. The van der Waals surface area contributed by atoms with Gasteiger partial charge in [0.1, 0.15) is 0 Å². The van der Waals surface area contributed by atoms with Crippen LogP contribution in [0.4, 0.5) is 4.79 Å². The number of aliphatic carboxylic acids is 1. The van der Waals surface area contributed by atoms with Gasteiger partial charge in [0.25, 0.3) is 0 Å². The fourth-order valence-corrected chi connectivity index (χ4v) is 4.14. The quantitative estimate of drug-likeness (QED) is 0.863. The van der Waals surface area contributed by atoms with E-state index in [0.717, 1.165) is 22.9 Å². The van der Waals surface area contributed by atoms with E-state index in [2.05, 4.69) is 21.2 Å². The second-order valence-corrected chi connectivity index (χ2v) is 7.04. The zero-order chi connectivity index (χ0) is 15.7. The molecule has 2 N–H and O–H groups in total. The third kappa shape index (κ3) is 2.60. The summed E-state index contributed by atoms with van der Waals surface area (Å²) in [6.45, 7) is 1.31. The number of hydrogen-bond acceptors (Lipinski definition) is 2. The van der Waals surface area contributed by atoms with E-state index in [1.807, 2.05) is 24.3 Å². The predicted molar refractivity (Wildman–Crippen MR) is 85.4 cm³/mol. The summed E-state index contributed by atoms with van der Waals surface area (Å²) in [7, 11) is 0. The number of nitrogens with zero attached hydrogens (tertiary/aromatic N) is 1. The lowest BCUT2D eigenvalue weighted by Gasteiger charge is -2.23. The molecule has 0 unspecified atom stereocenters. The van der Waals surface area contributed by atoms with Gasteiger partial charge in [-0.1, -0.05) is 40.5 Å². The highest BCUT2D eigenvalue weighted by atomic mass is 79.9. The van der Waals surface area contributed by atoms with Crippen molar-refractivity contribution in [1.82, 2.24) is 10.2 Å². The van der Waals surface area contributed by atoms with Crippen molar-refractivity contribution in [2.24, 2.45) is 11.3 Å². The smallest absolute Gasteiger partial charge is 0.317 e. The first-order valence-electron chi connectivity index (χ1n) is 7.52. The highest BCUT2D eigenvalue weighted by Crippen LogP contribution is 2.48. The van der Waals surface area contributed by atoms with Gasteiger partial charge in [0.05, 0.1) is 5.41 Å². The minimum Gasteiger partial charge on any atom is -0.481 e. The lowest BCUT2D eigenvalue weighted by atomic mass is 9.81. The van der Waals surface area contributed by atoms with Crippen molar-refractivity contribution in [2.45, 2.75) is 25.8 Å². The molecule has 0 bridgehead atoms. The zero-order valence-electron chi connectivity index (χ0n) is 12.2. The predicted octanol–water partition coefficient (Wildman–Crippen LogP) is 2.85. The fraction of sp³-hybridized carbons (Fsp3) is 0.500. The summed E-state index contributed by atoms with van der Waals surface area (Å²) in [5.74, 6) is -0.657. The van der Waals surface area contributed by atoms with Gasteiger partial charge in [-0.3, -0.25) is 4.79 Å². The van der Waals surface area contributed by atoms with Gasteiger partial charge in [0.2, 0.25) is 0 Å². The van der Waals surface area contributed by atoms with Crippen LogP contribution in [0.5, 0.6) is 0 Å². The molecular weight excluding hydrogens is 348 g/mol. The summed E-state index contributed by atoms with van der Waals surface area (Å²) in [6, 6.07) is 7.55. The van der Waals surface area contributed by atoms with Crippen molar-refractivity contribution in [1.29, 1.82) is 0 Å². The maximum absolute atomic E-state index is 12.3. The van der Waals surface area contributed by atoms with Gasteiger partial charge in [0, 0.05) is 24.1 Å². The van der Waals surface area contributed by atoms with E-state index in [1.54, 1.807) is 4.90 Å². The molecule has 1 aliphatic heterocycles. The number of likely N-dealkylation sites (tertiary alicyclic amines) is 1. The molecule has 1 aromatic rings. The number of urea groups is 1. The minimum absolute atomic E-state index is 0.0965. The van der Waals surface area contributed by atoms with Crippen molar-refractivity contribution in [3.05, 3.63) is 34.3 Å². The summed E-state index contributed by atoms with van der Waals surface area (Å²) in [5.41, 5.74) is 0.285. The lowest BCUT2D eigenvalue weighted by Crippen LogP contribution is -2.41. The molecular formula is C16H19BrN2O3. The first-order chi connectivity index (χ1) is 10.5. The molecule has 0 aromatic heterocycles. The van der Waals surface area contributed by atoms with Gasteiger partial charge in [0.15, 0.2) is 0 Å². The molecule has 0 radical (unpaired) electrons. The Hall–Kier alpha value is -1.56. The summed E-state index contributed by atoms with van der Waals surface area (Å²) < 4.78 is 0.954. The van der Waals surface area contributed by atoms with E-state index in [4.69, 9.17) is 0 Å². The molecule has 5 nitrogen and oxygen atoms in total. The average Bonchev–Trinajstić information content (AvgIpc) is 3.04.